The first kappa shape index (κ1) is 23.5. The molecule has 0 fully saturated rings. The highest BCUT2D eigenvalue weighted by atomic mass is 35.5. The number of methoxy groups -OCH3 is 1. The summed E-state index contributed by atoms with van der Waals surface area (Å²) in [6.07, 6.45) is 3.11. The van der Waals surface area contributed by atoms with Gasteiger partial charge in [0, 0.05) is 41.2 Å². The molecule has 5 rings (SSSR count). The average Bonchev–Trinajstić information content (AvgIpc) is 3.48. The summed E-state index contributed by atoms with van der Waals surface area (Å²) in [5, 5.41) is 19.1. The van der Waals surface area contributed by atoms with E-state index in [1.165, 1.54) is 0 Å². The SMILES string of the molecule is CO[C@]1(c2ccc(Cl)cc2)c2ccc(C(C)(O)c3ccn[nH]3)cc2C(=O)N1Cc1ccc(Cl)cn1. The predicted octanol–water partition coefficient (Wildman–Crippen LogP) is 4.87. The van der Waals surface area contributed by atoms with E-state index in [4.69, 9.17) is 27.9 Å². The van der Waals surface area contributed by atoms with Crippen LogP contribution in [0.2, 0.25) is 10.0 Å². The Bertz CT molecular complexity index is 1370. The summed E-state index contributed by atoms with van der Waals surface area (Å²) in [4.78, 5) is 19.9. The number of pyridine rings is 1. The number of hydrogen-bond donors (Lipinski definition) is 2. The molecule has 4 aromatic rings. The van der Waals surface area contributed by atoms with Crippen LogP contribution in [0.3, 0.4) is 0 Å². The maximum atomic E-state index is 13.9. The lowest BCUT2D eigenvalue weighted by Gasteiger charge is -2.38. The number of rotatable bonds is 6. The van der Waals surface area contributed by atoms with Gasteiger partial charge in [-0.2, -0.15) is 5.10 Å². The van der Waals surface area contributed by atoms with Crippen LogP contribution in [0, 0.1) is 0 Å². The number of nitrogens with one attached hydrogen (secondary N) is 1. The second kappa shape index (κ2) is 8.77. The van der Waals surface area contributed by atoms with Gasteiger partial charge in [0.25, 0.3) is 5.91 Å². The fourth-order valence-electron chi connectivity index (χ4n) is 4.61. The van der Waals surface area contributed by atoms with Gasteiger partial charge in [0.05, 0.1) is 23.0 Å². The van der Waals surface area contributed by atoms with Crippen LogP contribution in [0.1, 0.15) is 45.4 Å². The van der Waals surface area contributed by atoms with E-state index in [0.29, 0.717) is 38.1 Å². The van der Waals surface area contributed by atoms with Crippen LogP contribution in [-0.2, 0) is 22.6 Å². The molecule has 0 bridgehead atoms. The van der Waals surface area contributed by atoms with E-state index in [1.54, 1.807) is 73.8 Å². The first-order valence-corrected chi connectivity index (χ1v) is 11.6. The first-order valence-electron chi connectivity index (χ1n) is 10.9. The van der Waals surface area contributed by atoms with Crippen LogP contribution in [0.4, 0.5) is 0 Å². The predicted molar refractivity (Wildman–Crippen MR) is 132 cm³/mol. The standard InChI is InChI=1S/C26H22Cl2N4O3/c1-25(34,23-11-12-30-31-23)17-5-10-22-21(13-17)24(33)32(15-20-9-8-19(28)14-29-20)26(22,35-2)16-3-6-18(27)7-4-16/h3-14,34H,15H2,1-2H3,(H,30,31)/t25?,26-/m1/s1. The number of carbonyl (C=O) groups is 1. The Morgan fingerprint density at radius 2 is 1.83 bits per heavy atom. The molecule has 0 saturated carbocycles. The Balaban J connectivity index is 1.68. The molecule has 2 N–H and O–H groups in total. The summed E-state index contributed by atoms with van der Waals surface area (Å²) in [7, 11) is 1.56. The monoisotopic (exact) mass is 508 g/mol. The van der Waals surface area contributed by atoms with Crippen molar-refractivity contribution in [3.8, 4) is 0 Å². The molecule has 1 unspecified atom stereocenters. The molecule has 3 heterocycles. The number of aromatic nitrogens is 3. The minimum absolute atomic E-state index is 0.174. The second-order valence-electron chi connectivity index (χ2n) is 8.52. The minimum Gasteiger partial charge on any atom is -0.379 e. The number of fused-ring (bicyclic) bond motifs is 1. The van der Waals surface area contributed by atoms with Gasteiger partial charge >= 0.3 is 0 Å². The molecule has 0 radical (unpaired) electrons. The van der Waals surface area contributed by atoms with Gasteiger partial charge in [-0.15, -0.1) is 0 Å². The van der Waals surface area contributed by atoms with E-state index in [2.05, 4.69) is 15.2 Å². The van der Waals surface area contributed by atoms with E-state index in [0.717, 1.165) is 5.56 Å². The third kappa shape index (κ3) is 3.81. The topological polar surface area (TPSA) is 91.3 Å². The van der Waals surface area contributed by atoms with Crippen molar-refractivity contribution in [1.29, 1.82) is 0 Å². The lowest BCUT2D eigenvalue weighted by atomic mass is 9.87. The molecule has 1 aliphatic rings. The van der Waals surface area contributed by atoms with Crippen LogP contribution in [0.15, 0.2) is 73.1 Å². The Morgan fingerprint density at radius 1 is 1.09 bits per heavy atom. The Labute approximate surface area is 212 Å². The third-order valence-corrected chi connectivity index (χ3v) is 6.94. The maximum absolute atomic E-state index is 13.9. The molecule has 1 aliphatic heterocycles. The zero-order valence-corrected chi connectivity index (χ0v) is 20.5. The van der Waals surface area contributed by atoms with Gasteiger partial charge in [0.1, 0.15) is 5.60 Å². The van der Waals surface area contributed by atoms with Crippen LogP contribution < -0.4 is 0 Å². The van der Waals surface area contributed by atoms with E-state index >= 15 is 0 Å². The fourth-order valence-corrected chi connectivity index (χ4v) is 4.84. The summed E-state index contributed by atoms with van der Waals surface area (Å²) >= 11 is 12.2. The summed E-state index contributed by atoms with van der Waals surface area (Å²) in [5.41, 5.74) is 0.916. The van der Waals surface area contributed by atoms with Gasteiger partial charge in [-0.3, -0.25) is 19.8 Å². The average molecular weight is 509 g/mol. The maximum Gasteiger partial charge on any atom is 0.257 e. The molecule has 0 saturated heterocycles. The van der Waals surface area contributed by atoms with Crippen LogP contribution in [-0.4, -0.2) is 38.2 Å². The Hall–Kier alpha value is -3.23. The Morgan fingerprint density at radius 3 is 2.46 bits per heavy atom. The first-order chi connectivity index (χ1) is 16.8. The zero-order chi connectivity index (χ0) is 24.8. The fraction of sp³-hybridized carbons (Fsp3) is 0.192. The van der Waals surface area contributed by atoms with Crippen molar-refractivity contribution >= 4 is 29.1 Å². The zero-order valence-electron chi connectivity index (χ0n) is 19.0. The molecule has 0 aliphatic carbocycles. The van der Waals surface area contributed by atoms with Crippen LogP contribution in [0.25, 0.3) is 0 Å². The van der Waals surface area contributed by atoms with E-state index in [-0.39, 0.29) is 12.5 Å². The number of H-pyrrole nitrogens is 1. The van der Waals surface area contributed by atoms with Gasteiger partial charge in [-0.25, -0.2) is 0 Å². The van der Waals surface area contributed by atoms with E-state index < -0.39 is 11.3 Å². The Kier molecular flexibility index (Phi) is 5.89. The lowest BCUT2D eigenvalue weighted by molar-refractivity contribution is -0.0868. The summed E-state index contributed by atoms with van der Waals surface area (Å²) in [6, 6.07) is 17.7. The van der Waals surface area contributed by atoms with Gasteiger partial charge in [-0.1, -0.05) is 47.5 Å². The molecule has 1 amide bonds. The van der Waals surface area contributed by atoms with Crippen molar-refractivity contribution in [2.45, 2.75) is 24.8 Å². The number of carbonyl (C=O) groups excluding carboxylic acids is 1. The number of amides is 1. The van der Waals surface area contributed by atoms with Gasteiger partial charge in [-0.05, 0) is 48.9 Å². The van der Waals surface area contributed by atoms with Gasteiger partial charge < -0.3 is 9.84 Å². The molecule has 2 aromatic heterocycles. The smallest absolute Gasteiger partial charge is 0.257 e. The van der Waals surface area contributed by atoms with Crippen molar-refractivity contribution in [3.05, 3.63) is 117 Å². The number of aromatic amines is 1. The molecule has 178 valence electrons. The summed E-state index contributed by atoms with van der Waals surface area (Å²) in [5.74, 6) is -0.254. The van der Waals surface area contributed by atoms with Gasteiger partial charge in [0.2, 0.25) is 0 Å². The minimum atomic E-state index is -1.38. The van der Waals surface area contributed by atoms with E-state index in [9.17, 15) is 9.90 Å². The number of halogens is 2. The lowest BCUT2D eigenvalue weighted by Crippen LogP contribution is -2.45. The number of aliphatic hydroxyl groups is 1. The van der Waals surface area contributed by atoms with Crippen molar-refractivity contribution in [2.75, 3.05) is 7.11 Å². The number of ether oxygens (including phenoxy) is 1. The highest BCUT2D eigenvalue weighted by Crippen LogP contribution is 2.47. The second-order valence-corrected chi connectivity index (χ2v) is 9.39. The molecule has 7 nitrogen and oxygen atoms in total. The highest BCUT2D eigenvalue weighted by Gasteiger charge is 2.52. The van der Waals surface area contributed by atoms with Crippen LogP contribution in [0.5, 0.6) is 0 Å². The third-order valence-electron chi connectivity index (χ3n) is 6.47. The molecular formula is C26H22Cl2N4O3. The highest BCUT2D eigenvalue weighted by molar-refractivity contribution is 6.30. The molecule has 9 heteroatoms. The van der Waals surface area contributed by atoms with Crippen molar-refractivity contribution < 1.29 is 14.6 Å². The molecule has 2 atom stereocenters. The van der Waals surface area contributed by atoms with Crippen LogP contribution >= 0.6 is 23.2 Å². The summed E-state index contributed by atoms with van der Waals surface area (Å²) < 4.78 is 6.16. The normalized spacial score (nSPS) is 19.0. The molecule has 35 heavy (non-hydrogen) atoms. The largest absolute Gasteiger partial charge is 0.379 e. The number of nitrogens with zero attached hydrogens (tertiary/aromatic N) is 3. The molecular weight excluding hydrogens is 487 g/mol. The molecule has 0 spiro atoms. The molecule has 2 aromatic carbocycles. The van der Waals surface area contributed by atoms with E-state index in [1.807, 2.05) is 18.2 Å². The number of hydrogen-bond acceptors (Lipinski definition) is 5. The quantitative estimate of drug-likeness (QED) is 0.387. The van der Waals surface area contributed by atoms with Gasteiger partial charge in [0.15, 0.2) is 5.72 Å². The number of benzene rings is 2. The van der Waals surface area contributed by atoms with Crippen molar-refractivity contribution in [2.24, 2.45) is 0 Å². The van der Waals surface area contributed by atoms with Crippen molar-refractivity contribution in [1.82, 2.24) is 20.1 Å². The van der Waals surface area contributed by atoms with Crippen molar-refractivity contribution in [3.63, 3.8) is 0 Å². The summed E-state index contributed by atoms with van der Waals surface area (Å²) in [6.45, 7) is 1.83.